The molecule has 0 aromatic carbocycles. The molecular formula is C11H24N2O. The summed E-state index contributed by atoms with van der Waals surface area (Å²) in [5.41, 5.74) is 0. The lowest BCUT2D eigenvalue weighted by Gasteiger charge is -2.15. The Morgan fingerprint density at radius 1 is 1.21 bits per heavy atom. The molecule has 84 valence electrons. The van der Waals surface area contributed by atoms with E-state index in [2.05, 4.69) is 31.4 Å². The quantitative estimate of drug-likeness (QED) is 0.610. The Balaban J connectivity index is 3.44. The van der Waals surface area contributed by atoms with Gasteiger partial charge >= 0.3 is 0 Å². The molecule has 0 saturated carbocycles. The third kappa shape index (κ3) is 5.97. The lowest BCUT2D eigenvalue weighted by Crippen LogP contribution is -2.33. The predicted molar refractivity (Wildman–Crippen MR) is 60.2 cm³/mol. The fourth-order valence-electron chi connectivity index (χ4n) is 1.07. The van der Waals surface area contributed by atoms with Crippen molar-refractivity contribution in [2.75, 3.05) is 19.6 Å². The minimum Gasteiger partial charge on any atom is -0.356 e. The molecule has 0 aliphatic rings. The zero-order chi connectivity index (χ0) is 11.0. The molecule has 14 heavy (non-hydrogen) atoms. The van der Waals surface area contributed by atoms with Gasteiger partial charge in [-0.25, -0.2) is 0 Å². The first-order valence-electron chi connectivity index (χ1n) is 5.58. The summed E-state index contributed by atoms with van der Waals surface area (Å²) < 4.78 is 0. The summed E-state index contributed by atoms with van der Waals surface area (Å²) in [7, 11) is 0. The third-order valence-corrected chi connectivity index (χ3v) is 2.49. The van der Waals surface area contributed by atoms with Gasteiger partial charge in [-0.1, -0.05) is 27.7 Å². The van der Waals surface area contributed by atoms with Crippen LogP contribution in [0.3, 0.4) is 0 Å². The van der Waals surface area contributed by atoms with E-state index in [1.165, 1.54) is 0 Å². The Kier molecular flexibility index (Phi) is 7.48. The molecule has 0 rings (SSSR count). The molecule has 0 heterocycles. The van der Waals surface area contributed by atoms with Crippen molar-refractivity contribution in [1.29, 1.82) is 0 Å². The summed E-state index contributed by atoms with van der Waals surface area (Å²) >= 11 is 0. The van der Waals surface area contributed by atoms with Gasteiger partial charge in [0.25, 0.3) is 0 Å². The molecule has 1 atom stereocenters. The highest BCUT2D eigenvalue weighted by Crippen LogP contribution is 2.08. The smallest absolute Gasteiger partial charge is 0.223 e. The van der Waals surface area contributed by atoms with Crippen molar-refractivity contribution in [3.8, 4) is 0 Å². The van der Waals surface area contributed by atoms with Crippen LogP contribution in [0, 0.1) is 11.8 Å². The van der Waals surface area contributed by atoms with E-state index in [9.17, 15) is 4.79 Å². The van der Waals surface area contributed by atoms with Crippen LogP contribution in [0.15, 0.2) is 0 Å². The summed E-state index contributed by atoms with van der Waals surface area (Å²) in [5, 5.41) is 6.17. The van der Waals surface area contributed by atoms with Gasteiger partial charge in [-0.3, -0.25) is 4.79 Å². The van der Waals surface area contributed by atoms with Crippen LogP contribution in [0.25, 0.3) is 0 Å². The van der Waals surface area contributed by atoms with E-state index >= 15 is 0 Å². The van der Waals surface area contributed by atoms with Crippen LogP contribution in [0.2, 0.25) is 0 Å². The minimum absolute atomic E-state index is 0.120. The topological polar surface area (TPSA) is 41.1 Å². The average molecular weight is 200 g/mol. The molecule has 3 nitrogen and oxygen atoms in total. The number of hydrogen-bond acceptors (Lipinski definition) is 2. The van der Waals surface area contributed by atoms with Crippen LogP contribution in [0.4, 0.5) is 0 Å². The van der Waals surface area contributed by atoms with Crippen LogP contribution in [-0.4, -0.2) is 25.5 Å². The van der Waals surface area contributed by atoms with Crippen LogP contribution < -0.4 is 10.6 Å². The second-order valence-electron chi connectivity index (χ2n) is 4.03. The molecule has 0 aliphatic carbocycles. The van der Waals surface area contributed by atoms with E-state index in [0.717, 1.165) is 26.1 Å². The number of carbonyl (C=O) groups is 1. The highest BCUT2D eigenvalue weighted by molar-refractivity contribution is 5.78. The Morgan fingerprint density at radius 3 is 2.36 bits per heavy atom. The van der Waals surface area contributed by atoms with Gasteiger partial charge in [-0.2, -0.15) is 0 Å². The zero-order valence-corrected chi connectivity index (χ0v) is 9.89. The third-order valence-electron chi connectivity index (χ3n) is 2.49. The molecule has 0 fully saturated rings. The van der Waals surface area contributed by atoms with Gasteiger partial charge < -0.3 is 10.6 Å². The minimum atomic E-state index is 0.120. The van der Waals surface area contributed by atoms with Gasteiger partial charge in [-0.15, -0.1) is 0 Å². The first kappa shape index (κ1) is 13.4. The molecule has 3 heteroatoms. The van der Waals surface area contributed by atoms with Gasteiger partial charge in [0.1, 0.15) is 0 Å². The largest absolute Gasteiger partial charge is 0.356 e. The average Bonchev–Trinajstić information content (AvgIpc) is 2.16. The normalized spacial score (nSPS) is 12.9. The van der Waals surface area contributed by atoms with Crippen molar-refractivity contribution in [2.45, 2.75) is 34.1 Å². The molecule has 0 bridgehead atoms. The summed E-state index contributed by atoms with van der Waals surface area (Å²) in [4.78, 5) is 11.5. The van der Waals surface area contributed by atoms with Crippen LogP contribution >= 0.6 is 0 Å². The van der Waals surface area contributed by atoms with Crippen LogP contribution in [-0.2, 0) is 4.79 Å². The number of carbonyl (C=O) groups excluding carboxylic acids is 1. The van der Waals surface area contributed by atoms with E-state index in [-0.39, 0.29) is 11.8 Å². The van der Waals surface area contributed by atoms with Gasteiger partial charge in [0, 0.05) is 12.5 Å². The predicted octanol–water partition coefficient (Wildman–Crippen LogP) is 1.39. The van der Waals surface area contributed by atoms with E-state index in [1.807, 2.05) is 6.92 Å². The number of nitrogens with one attached hydrogen (secondary N) is 2. The van der Waals surface area contributed by atoms with E-state index < -0.39 is 0 Å². The molecule has 2 N–H and O–H groups in total. The molecule has 0 saturated heterocycles. The number of amides is 1. The standard InChI is InChI=1S/C11H24N2O/c1-5-12-7-6-8-13-11(14)10(4)9(2)3/h9-10,12H,5-8H2,1-4H3,(H,13,14). The van der Waals surface area contributed by atoms with Crippen molar-refractivity contribution in [3.05, 3.63) is 0 Å². The fourth-order valence-corrected chi connectivity index (χ4v) is 1.07. The maximum Gasteiger partial charge on any atom is 0.223 e. The van der Waals surface area contributed by atoms with Crippen molar-refractivity contribution in [2.24, 2.45) is 11.8 Å². The van der Waals surface area contributed by atoms with E-state index in [1.54, 1.807) is 0 Å². The second kappa shape index (κ2) is 7.80. The maximum atomic E-state index is 11.5. The highest BCUT2D eigenvalue weighted by Gasteiger charge is 2.15. The van der Waals surface area contributed by atoms with Gasteiger partial charge in [0.2, 0.25) is 5.91 Å². The lowest BCUT2D eigenvalue weighted by molar-refractivity contribution is -0.125. The van der Waals surface area contributed by atoms with E-state index in [0.29, 0.717) is 5.92 Å². The monoisotopic (exact) mass is 200 g/mol. The van der Waals surface area contributed by atoms with Crippen LogP contribution in [0.1, 0.15) is 34.1 Å². The summed E-state index contributed by atoms with van der Waals surface area (Å²) in [6, 6.07) is 0. The molecule has 1 amide bonds. The van der Waals surface area contributed by atoms with Crippen molar-refractivity contribution < 1.29 is 4.79 Å². The summed E-state index contributed by atoms with van der Waals surface area (Å²) in [6.07, 6.45) is 1.00. The van der Waals surface area contributed by atoms with Crippen molar-refractivity contribution in [3.63, 3.8) is 0 Å². The Morgan fingerprint density at radius 2 is 1.86 bits per heavy atom. The fraction of sp³-hybridized carbons (Fsp3) is 0.909. The molecule has 0 spiro atoms. The summed E-state index contributed by atoms with van der Waals surface area (Å²) in [5.74, 6) is 0.717. The molecule has 0 radical (unpaired) electrons. The highest BCUT2D eigenvalue weighted by atomic mass is 16.1. The molecule has 0 aliphatic heterocycles. The summed E-state index contributed by atoms with van der Waals surface area (Å²) in [6.45, 7) is 11.0. The molecule has 0 aromatic heterocycles. The molecular weight excluding hydrogens is 176 g/mol. The van der Waals surface area contributed by atoms with Gasteiger partial charge in [0.15, 0.2) is 0 Å². The maximum absolute atomic E-state index is 11.5. The molecule has 0 aromatic rings. The van der Waals surface area contributed by atoms with Crippen molar-refractivity contribution in [1.82, 2.24) is 10.6 Å². The van der Waals surface area contributed by atoms with Crippen LogP contribution in [0.5, 0.6) is 0 Å². The first-order valence-corrected chi connectivity index (χ1v) is 5.58. The SMILES string of the molecule is CCNCCCNC(=O)C(C)C(C)C. The van der Waals surface area contributed by atoms with Gasteiger partial charge in [-0.05, 0) is 25.4 Å². The Labute approximate surface area is 87.6 Å². The van der Waals surface area contributed by atoms with Gasteiger partial charge in [0.05, 0.1) is 0 Å². The molecule has 1 unspecified atom stereocenters. The zero-order valence-electron chi connectivity index (χ0n) is 9.89. The van der Waals surface area contributed by atoms with Crippen molar-refractivity contribution >= 4 is 5.91 Å². The number of hydrogen-bond donors (Lipinski definition) is 2. The number of rotatable bonds is 7. The lowest BCUT2D eigenvalue weighted by atomic mass is 9.97. The Hall–Kier alpha value is -0.570. The van der Waals surface area contributed by atoms with E-state index in [4.69, 9.17) is 0 Å². The Bertz CT molecular complexity index is 157. The second-order valence-corrected chi connectivity index (χ2v) is 4.03. The first-order chi connectivity index (χ1) is 6.59.